The van der Waals surface area contributed by atoms with Gasteiger partial charge < -0.3 is 14.6 Å². The van der Waals surface area contributed by atoms with E-state index < -0.39 is 6.10 Å². The maximum Gasteiger partial charge on any atom is 0.306 e. The van der Waals surface area contributed by atoms with Crippen LogP contribution in [-0.4, -0.2) is 36.4 Å². The predicted molar refractivity (Wildman–Crippen MR) is 261 cm³/mol. The van der Waals surface area contributed by atoms with Gasteiger partial charge in [-0.15, -0.1) is 0 Å². The minimum absolute atomic E-state index is 0.0611. The molecule has 0 aliphatic rings. The zero-order valence-corrected chi connectivity index (χ0v) is 40.5. The maximum absolute atomic E-state index is 12.2. The van der Waals surface area contributed by atoms with Gasteiger partial charge in [-0.2, -0.15) is 0 Å². The molecule has 0 saturated heterocycles. The largest absolute Gasteiger partial charge is 0.462 e. The predicted octanol–water partition coefficient (Wildman–Crippen LogP) is 17.8. The molecular weight excluding hydrogens is 741 g/mol. The smallest absolute Gasteiger partial charge is 0.306 e. The fourth-order valence-electron chi connectivity index (χ4n) is 8.18. The van der Waals surface area contributed by atoms with Crippen LogP contribution in [-0.2, 0) is 19.1 Å². The number of aliphatic hydroxyl groups is 1. The van der Waals surface area contributed by atoms with Crippen LogP contribution in [0.5, 0.6) is 0 Å². The molecule has 60 heavy (non-hydrogen) atoms. The highest BCUT2D eigenvalue weighted by molar-refractivity contribution is 5.70. The van der Waals surface area contributed by atoms with Crippen LogP contribution < -0.4 is 0 Å². The van der Waals surface area contributed by atoms with Crippen LogP contribution in [0.2, 0.25) is 0 Å². The summed E-state index contributed by atoms with van der Waals surface area (Å²) < 4.78 is 10.5. The van der Waals surface area contributed by atoms with Crippen LogP contribution in [0.15, 0.2) is 24.3 Å². The van der Waals surface area contributed by atoms with Crippen molar-refractivity contribution in [3.05, 3.63) is 24.3 Å². The maximum atomic E-state index is 12.2. The Bertz CT molecular complexity index is 913. The molecule has 1 N–H and O–H groups in total. The van der Waals surface area contributed by atoms with Gasteiger partial charge in [0.15, 0.2) is 6.10 Å². The van der Waals surface area contributed by atoms with Crippen LogP contribution in [0.25, 0.3) is 0 Å². The van der Waals surface area contributed by atoms with E-state index in [1.54, 1.807) is 0 Å². The number of hydrogen-bond donors (Lipinski definition) is 1. The second-order valence-electron chi connectivity index (χ2n) is 18.3. The lowest BCUT2D eigenvalue weighted by Gasteiger charge is -2.15. The number of ether oxygens (including phenoxy) is 2. The van der Waals surface area contributed by atoms with Crippen molar-refractivity contribution < 1.29 is 24.2 Å². The van der Waals surface area contributed by atoms with E-state index in [9.17, 15) is 14.7 Å². The van der Waals surface area contributed by atoms with Gasteiger partial charge in [0.1, 0.15) is 6.61 Å². The van der Waals surface area contributed by atoms with Crippen molar-refractivity contribution in [3.8, 4) is 0 Å². The van der Waals surface area contributed by atoms with Crippen LogP contribution >= 0.6 is 0 Å². The zero-order chi connectivity index (χ0) is 43.5. The van der Waals surface area contributed by atoms with Crippen LogP contribution in [0.3, 0.4) is 0 Å². The molecule has 0 aromatic heterocycles. The fraction of sp³-hybridized carbons (Fsp3) is 0.891. The highest BCUT2D eigenvalue weighted by atomic mass is 16.6. The highest BCUT2D eigenvalue weighted by Crippen LogP contribution is 2.17. The average molecular weight is 845 g/mol. The lowest BCUT2D eigenvalue weighted by atomic mass is 10.0. The van der Waals surface area contributed by atoms with E-state index in [0.29, 0.717) is 12.8 Å². The van der Waals surface area contributed by atoms with E-state index in [1.165, 1.54) is 225 Å². The SMILES string of the molecule is CCCCCCC/C=C\C/C=C\CCCCCCCCCCCCCCCCCCCCCCCCCCCCCCCC(=O)OC(CO)COC(=O)CCCCCCC. The first-order chi connectivity index (χ1) is 29.6. The van der Waals surface area contributed by atoms with Crippen molar-refractivity contribution in [1.82, 2.24) is 0 Å². The molecule has 0 aromatic carbocycles. The van der Waals surface area contributed by atoms with Crippen LogP contribution in [0.4, 0.5) is 0 Å². The molecule has 0 bridgehead atoms. The number of carbonyl (C=O) groups excluding carboxylic acids is 2. The fourth-order valence-corrected chi connectivity index (χ4v) is 8.18. The Hall–Kier alpha value is -1.62. The summed E-state index contributed by atoms with van der Waals surface area (Å²) >= 11 is 0. The molecule has 0 rings (SSSR count). The van der Waals surface area contributed by atoms with Crippen molar-refractivity contribution in [2.45, 2.75) is 302 Å². The second kappa shape index (κ2) is 51.7. The van der Waals surface area contributed by atoms with E-state index in [4.69, 9.17) is 9.47 Å². The number of carbonyl (C=O) groups is 2. The Kier molecular flexibility index (Phi) is 50.3. The summed E-state index contributed by atoms with van der Waals surface area (Å²) in [4.78, 5) is 24.0. The molecule has 0 aromatic rings. The summed E-state index contributed by atoms with van der Waals surface area (Å²) in [5.74, 6) is -0.591. The van der Waals surface area contributed by atoms with Gasteiger partial charge in [-0.25, -0.2) is 0 Å². The van der Waals surface area contributed by atoms with Crippen molar-refractivity contribution in [1.29, 1.82) is 0 Å². The van der Waals surface area contributed by atoms with Gasteiger partial charge in [0.05, 0.1) is 6.61 Å². The highest BCUT2D eigenvalue weighted by Gasteiger charge is 2.16. The number of unbranched alkanes of at least 4 members (excludes halogenated alkanes) is 38. The van der Waals surface area contributed by atoms with E-state index >= 15 is 0 Å². The average Bonchev–Trinajstić information content (AvgIpc) is 3.25. The number of hydrogen-bond acceptors (Lipinski definition) is 5. The van der Waals surface area contributed by atoms with Crippen molar-refractivity contribution in [3.63, 3.8) is 0 Å². The molecule has 0 fully saturated rings. The molecule has 1 unspecified atom stereocenters. The molecule has 0 saturated carbocycles. The number of esters is 2. The quantitative estimate of drug-likeness (QED) is 0.0375. The molecule has 0 heterocycles. The van der Waals surface area contributed by atoms with E-state index in [0.717, 1.165) is 44.9 Å². The third-order valence-corrected chi connectivity index (χ3v) is 12.2. The molecule has 0 radical (unpaired) electrons. The molecule has 0 aliphatic carbocycles. The van der Waals surface area contributed by atoms with Gasteiger partial charge in [0, 0.05) is 12.8 Å². The summed E-state index contributed by atoms with van der Waals surface area (Å²) in [5.41, 5.74) is 0. The number of allylic oxidation sites excluding steroid dienone is 4. The molecule has 0 aliphatic heterocycles. The van der Waals surface area contributed by atoms with Gasteiger partial charge in [-0.1, -0.05) is 263 Å². The first-order valence-electron chi connectivity index (χ1n) is 26.9. The van der Waals surface area contributed by atoms with Gasteiger partial charge in [-0.05, 0) is 44.9 Å². The topological polar surface area (TPSA) is 72.8 Å². The summed E-state index contributed by atoms with van der Waals surface area (Å²) in [6, 6.07) is 0. The van der Waals surface area contributed by atoms with Crippen molar-refractivity contribution in [2.24, 2.45) is 0 Å². The summed E-state index contributed by atoms with van der Waals surface area (Å²) in [6.07, 6.45) is 65.1. The molecular formula is C55H104O5. The van der Waals surface area contributed by atoms with Crippen molar-refractivity contribution in [2.75, 3.05) is 13.2 Å². The van der Waals surface area contributed by atoms with E-state index in [2.05, 4.69) is 38.2 Å². The zero-order valence-electron chi connectivity index (χ0n) is 40.5. The van der Waals surface area contributed by atoms with Gasteiger partial charge in [-0.3, -0.25) is 9.59 Å². The molecule has 1 atom stereocenters. The second-order valence-corrected chi connectivity index (χ2v) is 18.3. The minimum atomic E-state index is -0.762. The van der Waals surface area contributed by atoms with E-state index in [1.807, 2.05) is 0 Å². The number of aliphatic hydroxyl groups excluding tert-OH is 1. The lowest BCUT2D eigenvalue weighted by molar-refractivity contribution is -0.161. The molecule has 354 valence electrons. The minimum Gasteiger partial charge on any atom is -0.462 e. The first kappa shape index (κ1) is 58.4. The van der Waals surface area contributed by atoms with Crippen molar-refractivity contribution >= 4 is 11.9 Å². The van der Waals surface area contributed by atoms with Crippen LogP contribution in [0.1, 0.15) is 296 Å². The van der Waals surface area contributed by atoms with Gasteiger partial charge in [0.25, 0.3) is 0 Å². The Morgan fingerprint density at radius 3 is 0.983 bits per heavy atom. The molecule has 0 spiro atoms. The summed E-state index contributed by atoms with van der Waals surface area (Å²) in [6.45, 7) is 4.06. The Labute approximate surface area is 374 Å². The van der Waals surface area contributed by atoms with Gasteiger partial charge in [0.2, 0.25) is 0 Å². The first-order valence-corrected chi connectivity index (χ1v) is 26.9. The monoisotopic (exact) mass is 845 g/mol. The normalized spacial score (nSPS) is 12.2. The molecule has 5 nitrogen and oxygen atoms in total. The number of rotatable bonds is 50. The third kappa shape index (κ3) is 49.0. The summed E-state index contributed by atoms with van der Waals surface area (Å²) in [5, 5.41) is 9.50. The Balaban J connectivity index is 3.27. The Morgan fingerprint density at radius 2 is 0.667 bits per heavy atom. The third-order valence-electron chi connectivity index (χ3n) is 12.2. The summed E-state index contributed by atoms with van der Waals surface area (Å²) in [7, 11) is 0. The lowest BCUT2D eigenvalue weighted by Crippen LogP contribution is -2.28. The van der Waals surface area contributed by atoms with E-state index in [-0.39, 0.29) is 25.2 Å². The molecule has 5 heteroatoms. The molecule has 0 amide bonds. The standard InChI is InChI=1S/C55H104O5/c1-3-5-7-9-10-11-12-13-14-15-16-17-18-19-20-21-22-23-24-25-26-27-28-29-30-31-32-33-34-35-36-37-38-39-40-41-42-43-44-46-48-50-55(58)60-53(51-56)52-59-54(57)49-47-45-8-6-4-2/h12-13,15-16,53,56H,3-11,14,17-52H2,1-2H3/b13-12-,16-15-. The van der Waals surface area contributed by atoms with Crippen LogP contribution in [0, 0.1) is 0 Å². The Morgan fingerprint density at radius 1 is 0.383 bits per heavy atom. The van der Waals surface area contributed by atoms with Gasteiger partial charge >= 0.3 is 11.9 Å².